The van der Waals surface area contributed by atoms with Gasteiger partial charge in [0.05, 0.1) is 10.9 Å². The van der Waals surface area contributed by atoms with Crippen LogP contribution in [0.4, 0.5) is 0 Å². The molecule has 2 rings (SSSR count). The van der Waals surface area contributed by atoms with Gasteiger partial charge in [0.15, 0.2) is 5.06 Å². The molecule has 0 saturated carbocycles. The molecule has 0 saturated heterocycles. The van der Waals surface area contributed by atoms with Crippen LogP contribution in [0.3, 0.4) is 0 Å². The van der Waals surface area contributed by atoms with Crippen molar-refractivity contribution in [1.29, 1.82) is 0 Å². The Morgan fingerprint density at radius 3 is 2.88 bits per heavy atom. The minimum atomic E-state index is 0.890. The Kier molecular flexibility index (Phi) is 4.40. The highest BCUT2D eigenvalue weighted by Gasteiger charge is 2.00. The molecule has 2 nitrogen and oxygen atoms in total. The molecule has 2 heterocycles. The van der Waals surface area contributed by atoms with Crippen molar-refractivity contribution in [3.8, 4) is 5.06 Å². The van der Waals surface area contributed by atoms with Crippen molar-refractivity contribution in [3.05, 3.63) is 37.8 Å². The van der Waals surface area contributed by atoms with E-state index >= 15 is 0 Å². The monoisotopic (exact) mass is 317 g/mol. The predicted octanol–water partition coefficient (Wildman–Crippen LogP) is 3.87. The van der Waals surface area contributed by atoms with Crippen molar-refractivity contribution in [2.24, 2.45) is 0 Å². The van der Waals surface area contributed by atoms with Crippen LogP contribution in [0.2, 0.25) is 0 Å². The van der Waals surface area contributed by atoms with Gasteiger partial charge in [-0.25, -0.2) is 0 Å². The summed E-state index contributed by atoms with van der Waals surface area (Å²) in [5, 5.41) is 6.54. The summed E-state index contributed by atoms with van der Waals surface area (Å²) >= 11 is 6.86. The highest BCUT2D eigenvalue weighted by atomic mass is 79.9. The SMILES string of the molecule is COc1ccc(CNCc2csc(Br)c2)s1. The van der Waals surface area contributed by atoms with E-state index in [4.69, 9.17) is 4.74 Å². The molecule has 0 spiro atoms. The molecule has 0 amide bonds. The minimum Gasteiger partial charge on any atom is -0.487 e. The summed E-state index contributed by atoms with van der Waals surface area (Å²) in [5.41, 5.74) is 1.32. The first-order chi connectivity index (χ1) is 7.78. The molecule has 16 heavy (non-hydrogen) atoms. The molecular weight excluding hydrogens is 306 g/mol. The summed E-state index contributed by atoms with van der Waals surface area (Å²) in [5.74, 6) is 0. The minimum absolute atomic E-state index is 0.890. The fourth-order valence-corrected chi connectivity index (χ4v) is 3.33. The van der Waals surface area contributed by atoms with Crippen LogP contribution in [0.15, 0.2) is 27.4 Å². The number of halogens is 1. The summed E-state index contributed by atoms with van der Waals surface area (Å²) in [6, 6.07) is 6.25. The molecular formula is C11H12BrNOS2. The second kappa shape index (κ2) is 5.82. The van der Waals surface area contributed by atoms with Gasteiger partial charge in [-0.1, -0.05) is 0 Å². The molecule has 0 aliphatic heterocycles. The lowest BCUT2D eigenvalue weighted by Crippen LogP contribution is -2.10. The van der Waals surface area contributed by atoms with E-state index in [0.717, 1.165) is 18.2 Å². The largest absolute Gasteiger partial charge is 0.487 e. The van der Waals surface area contributed by atoms with E-state index in [9.17, 15) is 0 Å². The van der Waals surface area contributed by atoms with Crippen LogP contribution >= 0.6 is 38.6 Å². The number of nitrogens with one attached hydrogen (secondary N) is 1. The van der Waals surface area contributed by atoms with Crippen molar-refractivity contribution >= 4 is 38.6 Å². The topological polar surface area (TPSA) is 21.3 Å². The van der Waals surface area contributed by atoms with Crippen LogP contribution in [0.1, 0.15) is 10.4 Å². The lowest BCUT2D eigenvalue weighted by Gasteiger charge is -2.00. The summed E-state index contributed by atoms with van der Waals surface area (Å²) in [6.45, 7) is 1.80. The van der Waals surface area contributed by atoms with Crippen LogP contribution in [-0.2, 0) is 13.1 Å². The van der Waals surface area contributed by atoms with E-state index in [1.165, 1.54) is 14.2 Å². The van der Waals surface area contributed by atoms with Gasteiger partial charge in [-0.05, 0) is 45.1 Å². The smallest absolute Gasteiger partial charge is 0.173 e. The van der Waals surface area contributed by atoms with Crippen LogP contribution in [0, 0.1) is 0 Å². The maximum atomic E-state index is 5.15. The molecule has 0 aliphatic rings. The number of hydrogen-bond donors (Lipinski definition) is 1. The molecule has 1 N–H and O–H groups in total. The van der Waals surface area contributed by atoms with Crippen molar-refractivity contribution < 1.29 is 4.74 Å². The van der Waals surface area contributed by atoms with Crippen molar-refractivity contribution in [2.45, 2.75) is 13.1 Å². The van der Waals surface area contributed by atoms with Crippen LogP contribution in [0.25, 0.3) is 0 Å². The van der Waals surface area contributed by atoms with E-state index in [1.807, 2.05) is 6.07 Å². The van der Waals surface area contributed by atoms with Crippen molar-refractivity contribution in [3.63, 3.8) is 0 Å². The lowest BCUT2D eigenvalue weighted by molar-refractivity contribution is 0.427. The molecule has 0 bridgehead atoms. The number of thiophene rings is 2. The molecule has 0 atom stereocenters. The Hall–Kier alpha value is -0.360. The first kappa shape index (κ1) is 12.1. The number of methoxy groups -OCH3 is 1. The van der Waals surface area contributed by atoms with Gasteiger partial charge < -0.3 is 10.1 Å². The van der Waals surface area contributed by atoms with Crippen molar-refractivity contribution in [1.82, 2.24) is 5.32 Å². The maximum Gasteiger partial charge on any atom is 0.173 e. The van der Waals surface area contributed by atoms with Gasteiger partial charge in [-0.2, -0.15) is 0 Å². The molecule has 86 valence electrons. The van der Waals surface area contributed by atoms with E-state index in [-0.39, 0.29) is 0 Å². The summed E-state index contributed by atoms with van der Waals surface area (Å²) in [4.78, 5) is 1.30. The third-order valence-electron chi connectivity index (χ3n) is 2.09. The summed E-state index contributed by atoms with van der Waals surface area (Å²) in [6.07, 6.45) is 0. The fraction of sp³-hybridized carbons (Fsp3) is 0.273. The molecule has 0 aromatic carbocycles. The Balaban J connectivity index is 1.79. The second-order valence-electron chi connectivity index (χ2n) is 3.29. The normalized spacial score (nSPS) is 10.6. The van der Waals surface area contributed by atoms with Gasteiger partial charge in [0.2, 0.25) is 0 Å². The maximum absolute atomic E-state index is 5.15. The Labute approximate surface area is 111 Å². The Morgan fingerprint density at radius 1 is 1.38 bits per heavy atom. The number of rotatable bonds is 5. The van der Waals surface area contributed by atoms with E-state index in [1.54, 1.807) is 29.8 Å². The van der Waals surface area contributed by atoms with E-state index < -0.39 is 0 Å². The van der Waals surface area contributed by atoms with Gasteiger partial charge in [0.25, 0.3) is 0 Å². The molecule has 0 fully saturated rings. The summed E-state index contributed by atoms with van der Waals surface area (Å²) in [7, 11) is 1.70. The van der Waals surface area contributed by atoms with Crippen LogP contribution < -0.4 is 10.1 Å². The zero-order valence-corrected chi connectivity index (χ0v) is 12.0. The third-order valence-corrected chi connectivity index (χ3v) is 4.69. The number of ether oxygens (including phenoxy) is 1. The Morgan fingerprint density at radius 2 is 2.25 bits per heavy atom. The molecule has 2 aromatic heterocycles. The fourth-order valence-electron chi connectivity index (χ4n) is 1.33. The lowest BCUT2D eigenvalue weighted by atomic mass is 10.3. The molecule has 0 aliphatic carbocycles. The molecule has 0 unspecified atom stereocenters. The van der Waals surface area contributed by atoms with Crippen LogP contribution in [-0.4, -0.2) is 7.11 Å². The summed E-state index contributed by atoms with van der Waals surface area (Å²) < 4.78 is 6.33. The van der Waals surface area contributed by atoms with Crippen molar-refractivity contribution in [2.75, 3.05) is 7.11 Å². The highest BCUT2D eigenvalue weighted by Crippen LogP contribution is 2.24. The second-order valence-corrected chi connectivity index (χ2v) is 6.71. The third kappa shape index (κ3) is 3.31. The predicted molar refractivity (Wildman–Crippen MR) is 73.4 cm³/mol. The molecule has 2 aromatic rings. The van der Waals surface area contributed by atoms with Gasteiger partial charge >= 0.3 is 0 Å². The zero-order chi connectivity index (χ0) is 11.4. The van der Waals surface area contributed by atoms with Gasteiger partial charge in [0, 0.05) is 18.0 Å². The standard InChI is InChI=1S/C11H12BrNOS2/c1-14-11-3-2-9(16-11)6-13-5-8-4-10(12)15-7-8/h2-4,7,13H,5-6H2,1H3. The van der Waals surface area contributed by atoms with Gasteiger partial charge in [-0.3, -0.25) is 0 Å². The van der Waals surface area contributed by atoms with E-state index in [0.29, 0.717) is 0 Å². The van der Waals surface area contributed by atoms with Crippen LogP contribution in [0.5, 0.6) is 5.06 Å². The average Bonchev–Trinajstić information content (AvgIpc) is 2.88. The van der Waals surface area contributed by atoms with Gasteiger partial charge in [0.1, 0.15) is 0 Å². The quantitative estimate of drug-likeness (QED) is 0.903. The number of hydrogen-bond acceptors (Lipinski definition) is 4. The van der Waals surface area contributed by atoms with Gasteiger partial charge in [-0.15, -0.1) is 22.7 Å². The first-order valence-electron chi connectivity index (χ1n) is 4.84. The van der Waals surface area contributed by atoms with E-state index in [2.05, 4.69) is 38.8 Å². The molecule has 5 heteroatoms. The molecule has 0 radical (unpaired) electrons. The highest BCUT2D eigenvalue weighted by molar-refractivity contribution is 9.11. The average molecular weight is 318 g/mol. The zero-order valence-electron chi connectivity index (χ0n) is 8.83. The Bertz CT molecular complexity index is 452. The first-order valence-corrected chi connectivity index (χ1v) is 7.33.